The predicted octanol–water partition coefficient (Wildman–Crippen LogP) is 5.48. The number of nitrogens with zero attached hydrogens (tertiary/aromatic N) is 4. The van der Waals surface area contributed by atoms with Crippen LogP contribution in [0.5, 0.6) is 11.6 Å². The number of benzene rings is 3. The summed E-state index contributed by atoms with van der Waals surface area (Å²) in [4.78, 5) is 25.7. The average molecular weight is 435 g/mol. The Labute approximate surface area is 190 Å². The first-order chi connectivity index (χ1) is 16.1. The van der Waals surface area contributed by atoms with Crippen LogP contribution in [0.25, 0.3) is 16.6 Å². The number of aryl methyl sites for hydroxylation is 1. The number of rotatable bonds is 5. The molecule has 0 aliphatic heterocycles. The van der Waals surface area contributed by atoms with Gasteiger partial charge in [-0.15, -0.1) is 0 Å². The van der Waals surface area contributed by atoms with E-state index in [1.807, 2.05) is 60.9 Å². The summed E-state index contributed by atoms with van der Waals surface area (Å²) in [7, 11) is 0. The molecule has 0 saturated heterocycles. The molecule has 2 aromatic heterocycles. The molecule has 0 fully saturated rings. The number of carbonyl (C=O) groups excluding carboxylic acids is 1. The monoisotopic (exact) mass is 435 g/mol. The maximum absolute atomic E-state index is 12.8. The van der Waals surface area contributed by atoms with E-state index < -0.39 is 0 Å². The van der Waals surface area contributed by atoms with Gasteiger partial charge in [0.1, 0.15) is 24.2 Å². The van der Waals surface area contributed by atoms with Gasteiger partial charge >= 0.3 is 0 Å². The Morgan fingerprint density at radius 2 is 1.70 bits per heavy atom. The molecule has 0 bridgehead atoms. The van der Waals surface area contributed by atoms with E-state index >= 15 is 0 Å². The zero-order valence-electron chi connectivity index (χ0n) is 18.2. The molecule has 1 N–H and O–H groups in total. The molecule has 7 heteroatoms. The van der Waals surface area contributed by atoms with Gasteiger partial charge in [0.2, 0.25) is 5.88 Å². The standard InChI is InChI=1S/C26H21N5O2/c1-17-18(2)31(16-29-17)24-14-25(28-15-27-24)33-21-12-10-20(11-13-21)30-26(32)23-9-5-7-19-6-3-4-8-22(19)23/h3-16H,1-2H3,(H,30,32). The topological polar surface area (TPSA) is 81.9 Å². The van der Waals surface area contributed by atoms with Crippen molar-refractivity contribution in [1.29, 1.82) is 0 Å². The van der Waals surface area contributed by atoms with Gasteiger partial charge in [-0.25, -0.2) is 15.0 Å². The third-order valence-corrected chi connectivity index (χ3v) is 5.50. The van der Waals surface area contributed by atoms with Crippen molar-refractivity contribution in [2.45, 2.75) is 13.8 Å². The van der Waals surface area contributed by atoms with Crippen LogP contribution in [0.1, 0.15) is 21.7 Å². The first-order valence-corrected chi connectivity index (χ1v) is 10.5. The number of fused-ring (bicyclic) bond motifs is 1. The van der Waals surface area contributed by atoms with Crippen LogP contribution in [0.15, 0.2) is 85.5 Å². The lowest BCUT2D eigenvalue weighted by atomic mass is 10.0. The van der Waals surface area contributed by atoms with Gasteiger partial charge in [-0.05, 0) is 55.0 Å². The van der Waals surface area contributed by atoms with E-state index in [4.69, 9.17) is 4.74 Å². The fourth-order valence-corrected chi connectivity index (χ4v) is 3.60. The van der Waals surface area contributed by atoms with E-state index in [1.165, 1.54) is 6.33 Å². The minimum atomic E-state index is -0.160. The summed E-state index contributed by atoms with van der Waals surface area (Å²) in [6.07, 6.45) is 3.18. The molecule has 0 atom stereocenters. The number of amides is 1. The highest BCUT2D eigenvalue weighted by Gasteiger charge is 2.11. The molecule has 5 rings (SSSR count). The molecule has 3 aromatic carbocycles. The largest absolute Gasteiger partial charge is 0.439 e. The minimum Gasteiger partial charge on any atom is -0.439 e. The zero-order chi connectivity index (χ0) is 22.8. The second-order valence-electron chi connectivity index (χ2n) is 7.61. The summed E-state index contributed by atoms with van der Waals surface area (Å²) in [6, 6.07) is 22.4. The van der Waals surface area contributed by atoms with Gasteiger partial charge in [-0.3, -0.25) is 9.36 Å². The third-order valence-electron chi connectivity index (χ3n) is 5.50. The predicted molar refractivity (Wildman–Crippen MR) is 127 cm³/mol. The first-order valence-electron chi connectivity index (χ1n) is 10.5. The summed E-state index contributed by atoms with van der Waals surface area (Å²) >= 11 is 0. The van der Waals surface area contributed by atoms with Crippen molar-refractivity contribution in [1.82, 2.24) is 19.5 Å². The molecule has 7 nitrogen and oxygen atoms in total. The molecule has 0 aliphatic carbocycles. The highest BCUT2D eigenvalue weighted by Crippen LogP contribution is 2.24. The molecule has 0 unspecified atom stereocenters. The number of nitrogens with one attached hydrogen (secondary N) is 1. The number of hydrogen-bond donors (Lipinski definition) is 1. The van der Waals surface area contributed by atoms with Crippen molar-refractivity contribution >= 4 is 22.4 Å². The second kappa shape index (κ2) is 8.55. The van der Waals surface area contributed by atoms with Crippen LogP contribution in [0, 0.1) is 13.8 Å². The zero-order valence-corrected chi connectivity index (χ0v) is 18.2. The van der Waals surface area contributed by atoms with Gasteiger partial charge < -0.3 is 10.1 Å². The van der Waals surface area contributed by atoms with Crippen molar-refractivity contribution in [3.63, 3.8) is 0 Å². The van der Waals surface area contributed by atoms with Crippen molar-refractivity contribution < 1.29 is 9.53 Å². The van der Waals surface area contributed by atoms with Crippen LogP contribution in [0.2, 0.25) is 0 Å². The molecule has 0 spiro atoms. The first kappa shape index (κ1) is 20.4. The van der Waals surface area contributed by atoms with Crippen LogP contribution in [-0.2, 0) is 0 Å². The number of aromatic nitrogens is 4. The van der Waals surface area contributed by atoms with Gasteiger partial charge in [0, 0.05) is 23.0 Å². The molecule has 0 saturated carbocycles. The van der Waals surface area contributed by atoms with E-state index in [9.17, 15) is 4.79 Å². The van der Waals surface area contributed by atoms with Crippen molar-refractivity contribution in [3.05, 3.63) is 102 Å². The Bertz CT molecular complexity index is 1450. The molecule has 2 heterocycles. The number of anilines is 1. The summed E-state index contributed by atoms with van der Waals surface area (Å²) in [5, 5.41) is 4.89. The number of hydrogen-bond acceptors (Lipinski definition) is 5. The summed E-state index contributed by atoms with van der Waals surface area (Å²) in [5.41, 5.74) is 3.25. The van der Waals surface area contributed by atoms with Crippen LogP contribution in [0.4, 0.5) is 5.69 Å². The third kappa shape index (κ3) is 4.16. The van der Waals surface area contributed by atoms with Gasteiger partial charge in [0.05, 0.1) is 5.69 Å². The second-order valence-corrected chi connectivity index (χ2v) is 7.61. The molecule has 5 aromatic rings. The summed E-state index contributed by atoms with van der Waals surface area (Å²) < 4.78 is 7.78. The maximum Gasteiger partial charge on any atom is 0.256 e. The van der Waals surface area contributed by atoms with Crippen LogP contribution >= 0.6 is 0 Å². The van der Waals surface area contributed by atoms with Crippen LogP contribution < -0.4 is 10.1 Å². The molecular weight excluding hydrogens is 414 g/mol. The minimum absolute atomic E-state index is 0.160. The summed E-state index contributed by atoms with van der Waals surface area (Å²) in [5.74, 6) is 1.53. The fourth-order valence-electron chi connectivity index (χ4n) is 3.60. The molecule has 0 radical (unpaired) electrons. The van der Waals surface area contributed by atoms with Gasteiger partial charge in [-0.2, -0.15) is 0 Å². The number of carbonyl (C=O) groups is 1. The summed E-state index contributed by atoms with van der Waals surface area (Å²) in [6.45, 7) is 3.93. The quantitative estimate of drug-likeness (QED) is 0.395. The highest BCUT2D eigenvalue weighted by molar-refractivity contribution is 6.12. The van der Waals surface area contributed by atoms with Gasteiger partial charge in [-0.1, -0.05) is 36.4 Å². The molecule has 33 heavy (non-hydrogen) atoms. The number of imidazole rings is 1. The molecular formula is C26H21N5O2. The average Bonchev–Trinajstić information content (AvgIpc) is 3.18. The Hall–Kier alpha value is -4.52. The van der Waals surface area contributed by atoms with Crippen LogP contribution in [-0.4, -0.2) is 25.4 Å². The van der Waals surface area contributed by atoms with Crippen molar-refractivity contribution in [2.75, 3.05) is 5.32 Å². The van der Waals surface area contributed by atoms with E-state index in [0.717, 1.165) is 22.2 Å². The van der Waals surface area contributed by atoms with Crippen molar-refractivity contribution in [2.24, 2.45) is 0 Å². The Balaban J connectivity index is 1.31. The van der Waals surface area contributed by atoms with Crippen LogP contribution in [0.3, 0.4) is 0 Å². The van der Waals surface area contributed by atoms with E-state index in [-0.39, 0.29) is 5.91 Å². The molecule has 0 aliphatic rings. The van der Waals surface area contributed by atoms with E-state index in [1.54, 1.807) is 36.7 Å². The van der Waals surface area contributed by atoms with Gasteiger partial charge in [0.25, 0.3) is 5.91 Å². The Morgan fingerprint density at radius 1 is 0.909 bits per heavy atom. The smallest absolute Gasteiger partial charge is 0.256 e. The number of ether oxygens (including phenoxy) is 1. The van der Waals surface area contributed by atoms with E-state index in [0.29, 0.717) is 28.7 Å². The Kier molecular flexibility index (Phi) is 5.28. The highest BCUT2D eigenvalue weighted by atomic mass is 16.5. The van der Waals surface area contributed by atoms with Crippen molar-refractivity contribution in [3.8, 4) is 17.4 Å². The fraction of sp³-hybridized carbons (Fsp3) is 0.0769. The molecule has 1 amide bonds. The maximum atomic E-state index is 12.8. The lowest BCUT2D eigenvalue weighted by Crippen LogP contribution is -2.12. The SMILES string of the molecule is Cc1ncn(-c2cc(Oc3ccc(NC(=O)c4cccc5ccccc45)cc3)ncn2)c1C. The van der Waals surface area contributed by atoms with Gasteiger partial charge in [0.15, 0.2) is 0 Å². The lowest BCUT2D eigenvalue weighted by Gasteiger charge is -2.10. The normalized spacial score (nSPS) is 10.8. The molecule has 162 valence electrons. The Morgan fingerprint density at radius 3 is 2.48 bits per heavy atom. The van der Waals surface area contributed by atoms with E-state index in [2.05, 4.69) is 20.3 Å². The lowest BCUT2D eigenvalue weighted by molar-refractivity contribution is 0.102.